The molecule has 0 atom stereocenters. The Bertz CT molecular complexity index is 49.4. The van der Waals surface area contributed by atoms with Crippen LogP contribution < -0.4 is 0 Å². The minimum Gasteiger partial charge on any atom is -0.396 e. The Hall–Kier alpha value is 0.620. The van der Waals surface area contributed by atoms with Gasteiger partial charge in [0.05, 0.1) is 0 Å². The van der Waals surface area contributed by atoms with Crippen molar-refractivity contribution in [1.29, 1.82) is 0 Å². The van der Waals surface area contributed by atoms with E-state index in [0.29, 0.717) is 0 Å². The van der Waals surface area contributed by atoms with Crippen molar-refractivity contribution in [2.75, 3.05) is 6.61 Å². The highest BCUT2D eigenvalue weighted by atomic mass is 32.2. The standard InChI is InChI=1S/C3H8O2S2/c4-2-1-3(5,6)7/h4-7H,1-2H2. The second-order valence-electron chi connectivity index (χ2n) is 1.25. The third-order valence-corrected chi connectivity index (χ3v) is 0.894. The van der Waals surface area contributed by atoms with Crippen LogP contribution in [-0.4, -0.2) is 21.1 Å². The average Bonchev–Trinajstić information content (AvgIpc) is 1.30. The van der Waals surface area contributed by atoms with Gasteiger partial charge in [-0.1, -0.05) is 0 Å². The van der Waals surface area contributed by atoms with Crippen LogP contribution in [0, 0.1) is 0 Å². The predicted molar refractivity (Wildman–Crippen MR) is 34.6 cm³/mol. The number of hydrogen-bond acceptors (Lipinski definition) is 4. The monoisotopic (exact) mass is 140 g/mol. The van der Waals surface area contributed by atoms with Crippen LogP contribution in [0.15, 0.2) is 0 Å². The van der Waals surface area contributed by atoms with Gasteiger partial charge in [0, 0.05) is 13.0 Å². The molecule has 0 aliphatic carbocycles. The van der Waals surface area contributed by atoms with Gasteiger partial charge in [-0.3, -0.25) is 0 Å². The van der Waals surface area contributed by atoms with Crippen molar-refractivity contribution < 1.29 is 10.2 Å². The first-order chi connectivity index (χ1) is 3.06. The van der Waals surface area contributed by atoms with E-state index in [1.165, 1.54) is 0 Å². The van der Waals surface area contributed by atoms with E-state index in [1.807, 2.05) is 0 Å². The Morgan fingerprint density at radius 3 is 1.86 bits per heavy atom. The minimum absolute atomic E-state index is 0.0938. The molecule has 0 saturated carbocycles. The lowest BCUT2D eigenvalue weighted by Crippen LogP contribution is -2.12. The first-order valence-electron chi connectivity index (χ1n) is 1.84. The lowest BCUT2D eigenvalue weighted by molar-refractivity contribution is 0.178. The van der Waals surface area contributed by atoms with Crippen LogP contribution in [0.1, 0.15) is 6.42 Å². The van der Waals surface area contributed by atoms with E-state index in [0.717, 1.165) is 0 Å². The van der Waals surface area contributed by atoms with Gasteiger partial charge < -0.3 is 10.2 Å². The van der Waals surface area contributed by atoms with E-state index in [4.69, 9.17) is 10.2 Å². The van der Waals surface area contributed by atoms with E-state index in [1.54, 1.807) is 0 Å². The fourth-order valence-corrected chi connectivity index (χ4v) is 0.350. The summed E-state index contributed by atoms with van der Waals surface area (Å²) in [6.07, 6.45) is 0.180. The second-order valence-corrected chi connectivity index (χ2v) is 3.08. The Labute approximate surface area is 53.4 Å². The molecular formula is C3H8O2S2. The Morgan fingerprint density at radius 1 is 1.43 bits per heavy atom. The van der Waals surface area contributed by atoms with Gasteiger partial charge >= 0.3 is 0 Å². The van der Waals surface area contributed by atoms with E-state index < -0.39 is 4.27 Å². The van der Waals surface area contributed by atoms with Gasteiger partial charge in [0.15, 0.2) is 4.27 Å². The van der Waals surface area contributed by atoms with Crippen molar-refractivity contribution in [3.05, 3.63) is 0 Å². The van der Waals surface area contributed by atoms with Gasteiger partial charge in [-0.2, -0.15) is 0 Å². The van der Waals surface area contributed by atoms with E-state index >= 15 is 0 Å². The first-order valence-corrected chi connectivity index (χ1v) is 2.74. The maximum atomic E-state index is 8.59. The second kappa shape index (κ2) is 2.81. The molecule has 0 amide bonds. The van der Waals surface area contributed by atoms with Crippen LogP contribution in [0.25, 0.3) is 0 Å². The maximum absolute atomic E-state index is 8.59. The summed E-state index contributed by atoms with van der Waals surface area (Å²) in [7, 11) is 0. The lowest BCUT2D eigenvalue weighted by Gasteiger charge is -2.11. The predicted octanol–water partition coefficient (Wildman–Crippen LogP) is -0.126. The van der Waals surface area contributed by atoms with Crippen LogP contribution in [0.2, 0.25) is 0 Å². The van der Waals surface area contributed by atoms with Crippen molar-refractivity contribution in [1.82, 2.24) is 0 Å². The molecule has 2 nitrogen and oxygen atoms in total. The molecule has 0 aliphatic heterocycles. The molecule has 0 aromatic rings. The Morgan fingerprint density at radius 2 is 1.86 bits per heavy atom. The van der Waals surface area contributed by atoms with E-state index in [2.05, 4.69) is 25.3 Å². The zero-order valence-corrected chi connectivity index (χ0v) is 5.49. The molecule has 0 rings (SSSR count). The van der Waals surface area contributed by atoms with Gasteiger partial charge in [-0.15, -0.1) is 25.3 Å². The molecule has 0 aromatic heterocycles. The SMILES string of the molecule is OCCC(O)(S)S. The van der Waals surface area contributed by atoms with Crippen LogP contribution in [0.5, 0.6) is 0 Å². The molecule has 0 fully saturated rings. The Balaban J connectivity index is 3.15. The van der Waals surface area contributed by atoms with Crippen molar-refractivity contribution in [3.8, 4) is 0 Å². The maximum Gasteiger partial charge on any atom is 0.153 e. The first kappa shape index (κ1) is 7.62. The number of aliphatic hydroxyl groups excluding tert-OH is 1. The number of aliphatic hydroxyl groups is 2. The van der Waals surface area contributed by atoms with Crippen molar-refractivity contribution >= 4 is 25.3 Å². The summed E-state index contributed by atoms with van der Waals surface area (Å²) in [5.74, 6) is 0. The van der Waals surface area contributed by atoms with E-state index in [-0.39, 0.29) is 13.0 Å². The highest BCUT2D eigenvalue weighted by Crippen LogP contribution is 2.17. The average molecular weight is 140 g/mol. The molecule has 0 spiro atoms. The zero-order valence-electron chi connectivity index (χ0n) is 3.70. The number of hydrogen-bond donors (Lipinski definition) is 4. The molecule has 44 valence electrons. The third kappa shape index (κ3) is 6.62. The van der Waals surface area contributed by atoms with Crippen molar-refractivity contribution in [2.24, 2.45) is 0 Å². The molecule has 4 heteroatoms. The summed E-state index contributed by atoms with van der Waals surface area (Å²) < 4.78 is -1.31. The van der Waals surface area contributed by atoms with Crippen LogP contribution in [-0.2, 0) is 0 Å². The molecule has 0 aliphatic rings. The van der Waals surface area contributed by atoms with Gasteiger partial charge in [0.25, 0.3) is 0 Å². The number of rotatable bonds is 2. The zero-order chi connectivity index (χ0) is 5.91. The molecule has 2 N–H and O–H groups in total. The van der Waals surface area contributed by atoms with Gasteiger partial charge in [-0.25, -0.2) is 0 Å². The summed E-state index contributed by atoms with van der Waals surface area (Å²) in [6.45, 7) is -0.0938. The summed E-state index contributed by atoms with van der Waals surface area (Å²) in [6, 6.07) is 0. The topological polar surface area (TPSA) is 40.5 Å². The van der Waals surface area contributed by atoms with Crippen LogP contribution >= 0.6 is 25.3 Å². The lowest BCUT2D eigenvalue weighted by atomic mass is 10.5. The fraction of sp³-hybridized carbons (Fsp3) is 1.00. The summed E-state index contributed by atoms with van der Waals surface area (Å²) in [5, 5.41) is 16.7. The fourth-order valence-electron chi connectivity index (χ4n) is 0.150. The summed E-state index contributed by atoms with van der Waals surface area (Å²) in [5.41, 5.74) is 0. The summed E-state index contributed by atoms with van der Waals surface area (Å²) in [4.78, 5) is 0. The van der Waals surface area contributed by atoms with Gasteiger partial charge in [0.2, 0.25) is 0 Å². The van der Waals surface area contributed by atoms with Crippen molar-refractivity contribution in [3.63, 3.8) is 0 Å². The van der Waals surface area contributed by atoms with E-state index in [9.17, 15) is 0 Å². The largest absolute Gasteiger partial charge is 0.396 e. The molecule has 0 unspecified atom stereocenters. The van der Waals surface area contributed by atoms with Gasteiger partial charge in [-0.05, 0) is 0 Å². The smallest absolute Gasteiger partial charge is 0.153 e. The van der Waals surface area contributed by atoms with Gasteiger partial charge in [0.1, 0.15) is 0 Å². The summed E-state index contributed by atoms with van der Waals surface area (Å²) >= 11 is 7.19. The molecule has 0 heterocycles. The normalized spacial score (nSPS) is 12.0. The molecular weight excluding hydrogens is 132 g/mol. The Kier molecular flexibility index (Phi) is 3.06. The van der Waals surface area contributed by atoms with Crippen LogP contribution in [0.3, 0.4) is 0 Å². The van der Waals surface area contributed by atoms with Crippen molar-refractivity contribution in [2.45, 2.75) is 10.7 Å². The highest BCUT2D eigenvalue weighted by Gasteiger charge is 2.12. The third-order valence-electron chi connectivity index (χ3n) is 0.447. The van der Waals surface area contributed by atoms with Crippen LogP contribution in [0.4, 0.5) is 0 Å². The molecule has 0 radical (unpaired) electrons. The minimum atomic E-state index is -1.31. The molecule has 0 saturated heterocycles. The molecule has 7 heavy (non-hydrogen) atoms. The molecule has 0 bridgehead atoms. The quantitative estimate of drug-likeness (QED) is 0.319. The number of thiol groups is 2. The molecule has 0 aromatic carbocycles. The highest BCUT2D eigenvalue weighted by molar-refractivity contribution is 8.00.